The van der Waals surface area contributed by atoms with E-state index < -0.39 is 0 Å². The van der Waals surface area contributed by atoms with Crippen molar-refractivity contribution >= 4 is 0 Å². The summed E-state index contributed by atoms with van der Waals surface area (Å²) in [5.74, 6) is 1.25. The highest BCUT2D eigenvalue weighted by molar-refractivity contribution is 5.50. The van der Waals surface area contributed by atoms with Gasteiger partial charge in [-0.15, -0.1) is 0 Å². The fourth-order valence-electron chi connectivity index (χ4n) is 1.52. The molecule has 3 heteroatoms. The number of benzene rings is 2. The second-order valence-electron chi connectivity index (χ2n) is 3.85. The first kappa shape index (κ1) is 11.7. The molecule has 18 heavy (non-hydrogen) atoms. The monoisotopic (exact) mass is 234 g/mol. The molecule has 0 aliphatic rings. The van der Waals surface area contributed by atoms with Crippen LogP contribution in [0, 0.1) is 29.6 Å². The molecule has 0 spiro atoms. The van der Waals surface area contributed by atoms with E-state index in [0.717, 1.165) is 5.56 Å². The van der Waals surface area contributed by atoms with Crippen LogP contribution in [0.5, 0.6) is 11.5 Å². The van der Waals surface area contributed by atoms with Gasteiger partial charge in [-0.3, -0.25) is 0 Å². The zero-order valence-corrected chi connectivity index (χ0v) is 9.84. The van der Waals surface area contributed by atoms with Crippen LogP contribution in [0.2, 0.25) is 0 Å². The van der Waals surface area contributed by atoms with Gasteiger partial charge in [0.2, 0.25) is 0 Å². The van der Waals surface area contributed by atoms with E-state index in [1.807, 2.05) is 43.3 Å². The van der Waals surface area contributed by atoms with Gasteiger partial charge in [0.15, 0.2) is 0 Å². The van der Waals surface area contributed by atoms with Crippen LogP contribution in [0.1, 0.15) is 16.7 Å². The third-order valence-corrected chi connectivity index (χ3v) is 2.49. The van der Waals surface area contributed by atoms with Crippen LogP contribution in [-0.2, 0) is 0 Å². The Hall–Kier alpha value is -2.78. The number of rotatable bonds is 2. The Morgan fingerprint density at radius 3 is 2.06 bits per heavy atom. The molecule has 2 rings (SSSR count). The highest BCUT2D eigenvalue weighted by Crippen LogP contribution is 2.23. The molecule has 0 unspecified atom stereocenters. The summed E-state index contributed by atoms with van der Waals surface area (Å²) in [5.41, 5.74) is 1.83. The molecule has 0 atom stereocenters. The molecule has 0 saturated carbocycles. The normalized spacial score (nSPS) is 9.28. The summed E-state index contributed by atoms with van der Waals surface area (Å²) in [4.78, 5) is 0. The Labute approximate surface area is 105 Å². The van der Waals surface area contributed by atoms with Gasteiger partial charge in [0.1, 0.15) is 23.6 Å². The summed E-state index contributed by atoms with van der Waals surface area (Å²) in [6.07, 6.45) is 0. The van der Waals surface area contributed by atoms with Crippen LogP contribution >= 0.6 is 0 Å². The second-order valence-corrected chi connectivity index (χ2v) is 3.85. The maximum absolute atomic E-state index is 8.92. The summed E-state index contributed by atoms with van der Waals surface area (Å²) >= 11 is 0. The van der Waals surface area contributed by atoms with Gasteiger partial charge < -0.3 is 4.74 Å². The molecule has 3 nitrogen and oxygen atoms in total. The predicted octanol–water partition coefficient (Wildman–Crippen LogP) is 3.53. The van der Waals surface area contributed by atoms with E-state index >= 15 is 0 Å². The Bertz CT molecular complexity index is 646. The standard InChI is InChI=1S/C15H10N2O/c1-11-2-5-14(6-3-11)18-15-7-4-12(9-16)13(8-15)10-17/h2-8H,1H3. The Kier molecular flexibility index (Phi) is 3.27. The number of hydrogen-bond acceptors (Lipinski definition) is 3. The third kappa shape index (κ3) is 2.48. The lowest BCUT2D eigenvalue weighted by Gasteiger charge is -2.06. The van der Waals surface area contributed by atoms with Crippen molar-refractivity contribution in [2.45, 2.75) is 6.92 Å². The van der Waals surface area contributed by atoms with Crippen molar-refractivity contribution < 1.29 is 4.74 Å². The van der Waals surface area contributed by atoms with Gasteiger partial charge >= 0.3 is 0 Å². The first-order valence-electron chi connectivity index (χ1n) is 5.41. The molecule has 0 amide bonds. The number of hydrogen-bond donors (Lipinski definition) is 0. The van der Waals surface area contributed by atoms with E-state index in [9.17, 15) is 0 Å². The lowest BCUT2D eigenvalue weighted by molar-refractivity contribution is 0.482. The summed E-state index contributed by atoms with van der Waals surface area (Å²) in [6, 6.07) is 16.4. The molecular formula is C15H10N2O. The van der Waals surface area contributed by atoms with Gasteiger partial charge in [0.05, 0.1) is 11.1 Å². The molecule has 2 aromatic carbocycles. The molecular weight excluding hydrogens is 224 g/mol. The van der Waals surface area contributed by atoms with Crippen molar-refractivity contribution in [2.75, 3.05) is 0 Å². The highest BCUT2D eigenvalue weighted by atomic mass is 16.5. The largest absolute Gasteiger partial charge is 0.457 e. The van der Waals surface area contributed by atoms with E-state index in [1.54, 1.807) is 18.2 Å². The first-order chi connectivity index (χ1) is 8.72. The van der Waals surface area contributed by atoms with E-state index in [-0.39, 0.29) is 0 Å². The molecule has 0 radical (unpaired) electrons. The summed E-state index contributed by atoms with van der Waals surface area (Å²) in [7, 11) is 0. The molecule has 0 aliphatic heterocycles. The van der Waals surface area contributed by atoms with Gasteiger partial charge in [-0.25, -0.2) is 0 Å². The summed E-state index contributed by atoms with van der Waals surface area (Å²) < 4.78 is 5.61. The zero-order valence-electron chi connectivity index (χ0n) is 9.84. The average molecular weight is 234 g/mol. The minimum atomic E-state index is 0.321. The molecule has 0 aliphatic carbocycles. The lowest BCUT2D eigenvalue weighted by atomic mass is 10.1. The van der Waals surface area contributed by atoms with E-state index in [1.165, 1.54) is 0 Å². The van der Waals surface area contributed by atoms with Crippen LogP contribution in [0.25, 0.3) is 0 Å². The smallest absolute Gasteiger partial charge is 0.128 e. The van der Waals surface area contributed by atoms with Gasteiger partial charge in [0, 0.05) is 0 Å². The zero-order chi connectivity index (χ0) is 13.0. The maximum Gasteiger partial charge on any atom is 0.128 e. The van der Waals surface area contributed by atoms with Crippen LogP contribution in [0.4, 0.5) is 0 Å². The van der Waals surface area contributed by atoms with Crippen molar-refractivity contribution in [1.82, 2.24) is 0 Å². The fraction of sp³-hybridized carbons (Fsp3) is 0.0667. The average Bonchev–Trinajstić information content (AvgIpc) is 2.41. The highest BCUT2D eigenvalue weighted by Gasteiger charge is 2.04. The molecule has 0 N–H and O–H groups in total. The van der Waals surface area contributed by atoms with Crippen LogP contribution in [0.3, 0.4) is 0 Å². The molecule has 0 aromatic heterocycles. The van der Waals surface area contributed by atoms with Crippen molar-refractivity contribution in [3.05, 3.63) is 59.2 Å². The van der Waals surface area contributed by atoms with E-state index in [0.29, 0.717) is 22.6 Å². The summed E-state index contributed by atoms with van der Waals surface area (Å²) in [5, 5.41) is 17.7. The van der Waals surface area contributed by atoms with Crippen molar-refractivity contribution in [2.24, 2.45) is 0 Å². The van der Waals surface area contributed by atoms with Crippen LogP contribution in [0.15, 0.2) is 42.5 Å². The maximum atomic E-state index is 8.92. The van der Waals surface area contributed by atoms with Crippen LogP contribution < -0.4 is 4.74 Å². The van der Waals surface area contributed by atoms with Crippen molar-refractivity contribution in [3.8, 4) is 23.6 Å². The molecule has 0 heterocycles. The minimum Gasteiger partial charge on any atom is -0.457 e. The van der Waals surface area contributed by atoms with Crippen molar-refractivity contribution in [1.29, 1.82) is 10.5 Å². The van der Waals surface area contributed by atoms with Crippen molar-refractivity contribution in [3.63, 3.8) is 0 Å². The van der Waals surface area contributed by atoms with Crippen LogP contribution in [-0.4, -0.2) is 0 Å². The minimum absolute atomic E-state index is 0.321. The number of nitrogens with zero attached hydrogens (tertiary/aromatic N) is 2. The van der Waals surface area contributed by atoms with E-state index in [4.69, 9.17) is 15.3 Å². The molecule has 2 aromatic rings. The Morgan fingerprint density at radius 2 is 1.44 bits per heavy atom. The number of ether oxygens (including phenoxy) is 1. The second kappa shape index (κ2) is 5.03. The predicted molar refractivity (Wildman–Crippen MR) is 67.1 cm³/mol. The topological polar surface area (TPSA) is 56.8 Å². The Morgan fingerprint density at radius 1 is 0.833 bits per heavy atom. The van der Waals surface area contributed by atoms with Gasteiger partial charge in [-0.1, -0.05) is 17.7 Å². The lowest BCUT2D eigenvalue weighted by Crippen LogP contribution is -1.88. The molecule has 86 valence electrons. The Balaban J connectivity index is 2.28. The quantitative estimate of drug-likeness (QED) is 0.798. The number of nitriles is 2. The molecule has 0 bridgehead atoms. The van der Waals surface area contributed by atoms with E-state index in [2.05, 4.69) is 0 Å². The molecule has 0 fully saturated rings. The van der Waals surface area contributed by atoms with Gasteiger partial charge in [-0.05, 0) is 37.3 Å². The number of aryl methyl sites for hydroxylation is 1. The third-order valence-electron chi connectivity index (χ3n) is 2.49. The summed E-state index contributed by atoms with van der Waals surface area (Å²) in [6.45, 7) is 2.00. The molecule has 0 saturated heterocycles. The first-order valence-corrected chi connectivity index (χ1v) is 5.41. The SMILES string of the molecule is Cc1ccc(Oc2ccc(C#N)c(C#N)c2)cc1. The van der Waals surface area contributed by atoms with Gasteiger partial charge in [0.25, 0.3) is 0 Å². The van der Waals surface area contributed by atoms with Gasteiger partial charge in [-0.2, -0.15) is 10.5 Å². The fourth-order valence-corrected chi connectivity index (χ4v) is 1.52.